The summed E-state index contributed by atoms with van der Waals surface area (Å²) in [5.41, 5.74) is 0.127. The molecule has 1 saturated carbocycles. The second-order valence-electron chi connectivity index (χ2n) is 5.16. The van der Waals surface area contributed by atoms with Gasteiger partial charge in [0.1, 0.15) is 17.3 Å². The lowest BCUT2D eigenvalue weighted by Crippen LogP contribution is -2.33. The van der Waals surface area contributed by atoms with E-state index in [1.807, 2.05) is 19.1 Å². The van der Waals surface area contributed by atoms with E-state index in [1.54, 1.807) is 17.0 Å². The van der Waals surface area contributed by atoms with Gasteiger partial charge in [0.15, 0.2) is 0 Å². The standard InChI is InChI=1S/C16H16FNO2/c1-11-6-9-13(20-11)10-18(12-7-8-12)16(19)14-4-2-3-5-15(14)17/h2-6,9,12H,7-8,10H2,1H3. The van der Waals surface area contributed by atoms with Gasteiger partial charge < -0.3 is 9.32 Å². The van der Waals surface area contributed by atoms with Crippen molar-refractivity contribution in [2.45, 2.75) is 32.4 Å². The molecule has 2 aromatic rings. The first-order valence-corrected chi connectivity index (χ1v) is 6.76. The average molecular weight is 273 g/mol. The predicted octanol–water partition coefficient (Wildman–Crippen LogP) is 3.53. The van der Waals surface area contributed by atoms with Gasteiger partial charge in [-0.15, -0.1) is 0 Å². The van der Waals surface area contributed by atoms with Crippen LogP contribution < -0.4 is 0 Å². The number of benzene rings is 1. The molecule has 0 radical (unpaired) electrons. The summed E-state index contributed by atoms with van der Waals surface area (Å²) < 4.78 is 19.3. The van der Waals surface area contributed by atoms with Gasteiger partial charge in [-0.2, -0.15) is 0 Å². The van der Waals surface area contributed by atoms with Gasteiger partial charge >= 0.3 is 0 Å². The maximum Gasteiger partial charge on any atom is 0.257 e. The zero-order chi connectivity index (χ0) is 14.1. The van der Waals surface area contributed by atoms with Crippen LogP contribution in [0, 0.1) is 12.7 Å². The fraction of sp³-hybridized carbons (Fsp3) is 0.312. The summed E-state index contributed by atoms with van der Waals surface area (Å²) in [6, 6.07) is 10.0. The van der Waals surface area contributed by atoms with Crippen LogP contribution in [0.3, 0.4) is 0 Å². The highest BCUT2D eigenvalue weighted by molar-refractivity contribution is 5.94. The minimum Gasteiger partial charge on any atom is -0.464 e. The SMILES string of the molecule is Cc1ccc(CN(C(=O)c2ccccc2F)C2CC2)o1. The van der Waals surface area contributed by atoms with Crippen molar-refractivity contribution in [1.82, 2.24) is 4.90 Å². The van der Waals surface area contributed by atoms with Crippen LogP contribution in [0.4, 0.5) is 4.39 Å². The molecular formula is C16H16FNO2. The molecule has 20 heavy (non-hydrogen) atoms. The van der Waals surface area contributed by atoms with Crippen LogP contribution in [0.2, 0.25) is 0 Å². The van der Waals surface area contributed by atoms with E-state index in [0.717, 1.165) is 24.4 Å². The molecule has 3 rings (SSSR count). The van der Waals surface area contributed by atoms with Crippen LogP contribution in [0.25, 0.3) is 0 Å². The normalized spacial score (nSPS) is 14.3. The zero-order valence-electron chi connectivity index (χ0n) is 11.3. The van der Waals surface area contributed by atoms with E-state index in [2.05, 4.69) is 0 Å². The lowest BCUT2D eigenvalue weighted by atomic mass is 10.1. The lowest BCUT2D eigenvalue weighted by Gasteiger charge is -2.21. The second kappa shape index (κ2) is 5.12. The van der Waals surface area contributed by atoms with Gasteiger partial charge in [-0.1, -0.05) is 12.1 Å². The van der Waals surface area contributed by atoms with Gasteiger partial charge in [0.2, 0.25) is 0 Å². The first kappa shape index (κ1) is 12.9. The van der Waals surface area contributed by atoms with Crippen LogP contribution in [-0.2, 0) is 6.54 Å². The van der Waals surface area contributed by atoms with Crippen LogP contribution in [0.1, 0.15) is 34.7 Å². The van der Waals surface area contributed by atoms with Crippen LogP contribution in [0.5, 0.6) is 0 Å². The number of amides is 1. The van der Waals surface area contributed by atoms with Crippen LogP contribution in [-0.4, -0.2) is 16.8 Å². The van der Waals surface area contributed by atoms with Crippen LogP contribution >= 0.6 is 0 Å². The van der Waals surface area contributed by atoms with Crippen molar-refractivity contribution in [1.29, 1.82) is 0 Å². The first-order valence-electron chi connectivity index (χ1n) is 6.76. The maximum atomic E-state index is 13.8. The number of hydrogen-bond acceptors (Lipinski definition) is 2. The molecule has 1 aliphatic rings. The Kier molecular flexibility index (Phi) is 3.30. The smallest absolute Gasteiger partial charge is 0.257 e. The Balaban J connectivity index is 1.84. The molecule has 0 N–H and O–H groups in total. The molecule has 1 amide bonds. The number of carbonyl (C=O) groups excluding carboxylic acids is 1. The van der Waals surface area contributed by atoms with Crippen molar-refractivity contribution in [3.05, 3.63) is 59.3 Å². The molecule has 1 aromatic heterocycles. The minimum atomic E-state index is -0.473. The third-order valence-corrected chi connectivity index (χ3v) is 3.47. The van der Waals surface area contributed by atoms with Crippen LogP contribution in [0.15, 0.2) is 40.8 Å². The van der Waals surface area contributed by atoms with E-state index >= 15 is 0 Å². The van der Waals surface area contributed by atoms with Crippen molar-refractivity contribution in [2.75, 3.05) is 0 Å². The van der Waals surface area contributed by atoms with E-state index in [0.29, 0.717) is 6.54 Å². The Bertz CT molecular complexity index is 631. The molecule has 0 atom stereocenters. The van der Waals surface area contributed by atoms with E-state index < -0.39 is 5.82 Å². The van der Waals surface area contributed by atoms with Crippen molar-refractivity contribution in [3.63, 3.8) is 0 Å². The maximum absolute atomic E-state index is 13.8. The highest BCUT2D eigenvalue weighted by Crippen LogP contribution is 2.30. The second-order valence-corrected chi connectivity index (χ2v) is 5.16. The van der Waals surface area contributed by atoms with Crippen molar-refractivity contribution in [3.8, 4) is 0 Å². The molecule has 0 unspecified atom stereocenters. The van der Waals surface area contributed by atoms with Gasteiger partial charge in [-0.05, 0) is 44.0 Å². The summed E-state index contributed by atoms with van der Waals surface area (Å²) in [6.45, 7) is 2.26. The minimum absolute atomic E-state index is 0.127. The molecule has 0 aliphatic heterocycles. The van der Waals surface area contributed by atoms with Crippen molar-refractivity contribution < 1.29 is 13.6 Å². The Hall–Kier alpha value is -2.10. The quantitative estimate of drug-likeness (QED) is 0.853. The Labute approximate surface area is 117 Å². The molecule has 0 saturated heterocycles. The third kappa shape index (κ3) is 2.59. The van der Waals surface area contributed by atoms with Gasteiger partial charge in [-0.25, -0.2) is 4.39 Å². The Morgan fingerprint density at radius 2 is 2.05 bits per heavy atom. The summed E-state index contributed by atoms with van der Waals surface area (Å²) in [4.78, 5) is 14.2. The van der Waals surface area contributed by atoms with E-state index in [9.17, 15) is 9.18 Å². The summed E-state index contributed by atoms with van der Waals surface area (Å²) in [5.74, 6) is 0.812. The molecule has 1 heterocycles. The topological polar surface area (TPSA) is 33.5 Å². The molecule has 0 spiro atoms. The highest BCUT2D eigenvalue weighted by Gasteiger charge is 2.34. The van der Waals surface area contributed by atoms with Gasteiger partial charge in [0.05, 0.1) is 12.1 Å². The monoisotopic (exact) mass is 273 g/mol. The lowest BCUT2D eigenvalue weighted by molar-refractivity contribution is 0.0712. The molecule has 0 bridgehead atoms. The summed E-state index contributed by atoms with van der Waals surface area (Å²) in [6.07, 6.45) is 1.94. The molecule has 1 aromatic carbocycles. The molecular weight excluding hydrogens is 257 g/mol. The summed E-state index contributed by atoms with van der Waals surface area (Å²) >= 11 is 0. The molecule has 1 aliphatic carbocycles. The fourth-order valence-corrected chi connectivity index (χ4v) is 2.28. The fourth-order valence-electron chi connectivity index (χ4n) is 2.28. The van der Waals surface area contributed by atoms with Gasteiger partial charge in [0.25, 0.3) is 5.91 Å². The number of furan rings is 1. The molecule has 4 heteroatoms. The summed E-state index contributed by atoms with van der Waals surface area (Å²) in [7, 11) is 0. The number of aryl methyl sites for hydroxylation is 1. The average Bonchev–Trinajstić information content (AvgIpc) is 3.19. The van der Waals surface area contributed by atoms with Gasteiger partial charge in [-0.3, -0.25) is 4.79 Å². The van der Waals surface area contributed by atoms with E-state index in [1.165, 1.54) is 12.1 Å². The van der Waals surface area contributed by atoms with E-state index in [-0.39, 0.29) is 17.5 Å². The van der Waals surface area contributed by atoms with Crippen molar-refractivity contribution >= 4 is 5.91 Å². The molecule has 104 valence electrons. The Morgan fingerprint density at radius 3 is 2.65 bits per heavy atom. The Morgan fingerprint density at radius 1 is 1.30 bits per heavy atom. The highest BCUT2D eigenvalue weighted by atomic mass is 19.1. The molecule has 3 nitrogen and oxygen atoms in total. The number of halogens is 1. The molecule has 1 fully saturated rings. The number of nitrogens with zero attached hydrogens (tertiary/aromatic N) is 1. The van der Waals surface area contributed by atoms with Crippen molar-refractivity contribution in [2.24, 2.45) is 0 Å². The zero-order valence-corrected chi connectivity index (χ0v) is 11.3. The number of hydrogen-bond donors (Lipinski definition) is 0. The third-order valence-electron chi connectivity index (χ3n) is 3.47. The van der Waals surface area contributed by atoms with E-state index in [4.69, 9.17) is 4.42 Å². The predicted molar refractivity (Wildman–Crippen MR) is 72.7 cm³/mol. The first-order chi connectivity index (χ1) is 9.65. The number of rotatable bonds is 4. The number of carbonyl (C=O) groups is 1. The van der Waals surface area contributed by atoms with Gasteiger partial charge in [0, 0.05) is 6.04 Å². The summed E-state index contributed by atoms with van der Waals surface area (Å²) in [5, 5.41) is 0. The largest absolute Gasteiger partial charge is 0.464 e.